The minimum absolute atomic E-state index is 0.163. The number of nitrogens with zero attached hydrogens (tertiary/aromatic N) is 3. The van der Waals surface area contributed by atoms with Crippen molar-refractivity contribution in [2.75, 3.05) is 0 Å². The summed E-state index contributed by atoms with van der Waals surface area (Å²) >= 11 is 0. The van der Waals surface area contributed by atoms with Crippen LogP contribution in [0.25, 0.3) is 16.9 Å². The van der Waals surface area contributed by atoms with E-state index in [1.807, 2.05) is 90.5 Å². The van der Waals surface area contributed by atoms with Crippen LogP contribution in [0.15, 0.2) is 85.1 Å². The molecule has 28 heavy (non-hydrogen) atoms. The summed E-state index contributed by atoms with van der Waals surface area (Å²) in [7, 11) is 0. The first-order valence-corrected chi connectivity index (χ1v) is 9.12. The normalized spacial score (nSPS) is 10.6. The van der Waals surface area contributed by atoms with Gasteiger partial charge < -0.3 is 5.32 Å². The fraction of sp³-hybridized carbons (Fsp3) is 0.0870. The average molecular weight is 368 g/mol. The van der Waals surface area contributed by atoms with Crippen LogP contribution in [0.4, 0.5) is 0 Å². The van der Waals surface area contributed by atoms with Crippen molar-refractivity contribution in [2.24, 2.45) is 0 Å². The third-order valence-electron chi connectivity index (χ3n) is 4.49. The molecule has 0 spiro atoms. The van der Waals surface area contributed by atoms with Crippen molar-refractivity contribution >= 4 is 5.91 Å². The summed E-state index contributed by atoms with van der Waals surface area (Å²) in [6.07, 6.45) is 1.72. The molecule has 4 aromatic rings. The molecule has 5 nitrogen and oxygen atoms in total. The lowest BCUT2D eigenvalue weighted by molar-refractivity contribution is 0.0950. The number of carbonyl (C=O) groups excluding carboxylic acids is 1. The lowest BCUT2D eigenvalue weighted by atomic mass is 10.0. The zero-order valence-corrected chi connectivity index (χ0v) is 15.5. The molecule has 0 aliphatic heterocycles. The van der Waals surface area contributed by atoms with Gasteiger partial charge in [-0.2, -0.15) is 5.10 Å². The number of hydrogen-bond acceptors (Lipinski definition) is 3. The van der Waals surface area contributed by atoms with Gasteiger partial charge >= 0.3 is 0 Å². The van der Waals surface area contributed by atoms with Gasteiger partial charge in [-0.05, 0) is 31.2 Å². The maximum Gasteiger partial charge on any atom is 0.255 e. The fourth-order valence-corrected chi connectivity index (χ4v) is 3.18. The van der Waals surface area contributed by atoms with E-state index >= 15 is 0 Å². The molecule has 0 aliphatic carbocycles. The predicted octanol–water partition coefficient (Wildman–Crippen LogP) is 4.17. The Morgan fingerprint density at radius 3 is 2.29 bits per heavy atom. The second-order valence-electron chi connectivity index (χ2n) is 6.43. The molecule has 1 amide bonds. The van der Waals surface area contributed by atoms with Crippen LogP contribution in [0.2, 0.25) is 0 Å². The molecule has 0 bridgehead atoms. The molecule has 0 aliphatic rings. The van der Waals surface area contributed by atoms with E-state index < -0.39 is 0 Å². The standard InChI is InChI=1S/C23H20N4O/c1-17-21(23(28)25-16-19-12-8-9-15-24-19)22(18-10-4-2-5-11-18)27(26-17)20-13-6-3-7-14-20/h2-15H,16H2,1H3,(H,25,28). The quantitative estimate of drug-likeness (QED) is 0.575. The number of pyridine rings is 1. The van der Waals surface area contributed by atoms with Crippen LogP contribution < -0.4 is 5.32 Å². The first-order chi connectivity index (χ1) is 13.7. The highest BCUT2D eigenvalue weighted by molar-refractivity contribution is 6.01. The van der Waals surface area contributed by atoms with Gasteiger partial charge in [0.25, 0.3) is 5.91 Å². The van der Waals surface area contributed by atoms with Gasteiger partial charge in [-0.15, -0.1) is 0 Å². The monoisotopic (exact) mass is 368 g/mol. The van der Waals surface area contributed by atoms with E-state index in [9.17, 15) is 4.79 Å². The summed E-state index contributed by atoms with van der Waals surface area (Å²) in [6.45, 7) is 2.23. The highest BCUT2D eigenvalue weighted by atomic mass is 16.1. The Kier molecular flexibility index (Phi) is 4.97. The van der Waals surface area contributed by atoms with Crippen LogP contribution in [0.5, 0.6) is 0 Å². The molecular formula is C23H20N4O. The number of aryl methyl sites for hydroxylation is 1. The number of para-hydroxylation sites is 1. The molecule has 138 valence electrons. The first kappa shape index (κ1) is 17.7. The molecule has 5 heteroatoms. The molecule has 0 radical (unpaired) electrons. The van der Waals surface area contributed by atoms with Crippen LogP contribution in [0, 0.1) is 6.92 Å². The van der Waals surface area contributed by atoms with Crippen molar-refractivity contribution in [3.63, 3.8) is 0 Å². The lowest BCUT2D eigenvalue weighted by Crippen LogP contribution is -2.24. The second kappa shape index (κ2) is 7.88. The lowest BCUT2D eigenvalue weighted by Gasteiger charge is -2.10. The van der Waals surface area contributed by atoms with Gasteiger partial charge in [0.15, 0.2) is 0 Å². The number of benzene rings is 2. The van der Waals surface area contributed by atoms with Crippen molar-refractivity contribution in [2.45, 2.75) is 13.5 Å². The van der Waals surface area contributed by atoms with Gasteiger partial charge in [-0.25, -0.2) is 4.68 Å². The number of hydrogen-bond donors (Lipinski definition) is 1. The molecule has 0 saturated carbocycles. The summed E-state index contributed by atoms with van der Waals surface area (Å²) in [5, 5.41) is 7.65. The summed E-state index contributed by atoms with van der Waals surface area (Å²) in [6, 6.07) is 25.4. The molecule has 1 N–H and O–H groups in total. The average Bonchev–Trinajstić information content (AvgIpc) is 3.11. The van der Waals surface area contributed by atoms with E-state index in [0.717, 1.165) is 22.6 Å². The van der Waals surface area contributed by atoms with E-state index in [-0.39, 0.29) is 5.91 Å². The zero-order valence-electron chi connectivity index (χ0n) is 15.5. The Morgan fingerprint density at radius 1 is 0.929 bits per heavy atom. The van der Waals surface area contributed by atoms with Crippen LogP contribution in [0.1, 0.15) is 21.7 Å². The molecule has 2 heterocycles. The van der Waals surface area contributed by atoms with Crippen LogP contribution in [0.3, 0.4) is 0 Å². The van der Waals surface area contributed by atoms with Gasteiger partial charge in [0.1, 0.15) is 0 Å². The van der Waals surface area contributed by atoms with Crippen molar-refractivity contribution in [1.29, 1.82) is 0 Å². The topological polar surface area (TPSA) is 59.8 Å². The van der Waals surface area contributed by atoms with E-state index in [1.54, 1.807) is 6.20 Å². The predicted molar refractivity (Wildman–Crippen MR) is 109 cm³/mol. The molecule has 0 atom stereocenters. The third-order valence-corrected chi connectivity index (χ3v) is 4.49. The van der Waals surface area contributed by atoms with E-state index in [0.29, 0.717) is 17.8 Å². The van der Waals surface area contributed by atoms with E-state index in [4.69, 9.17) is 0 Å². The van der Waals surface area contributed by atoms with Gasteiger partial charge in [-0.1, -0.05) is 54.6 Å². The summed E-state index contributed by atoms with van der Waals surface area (Å²) < 4.78 is 1.83. The number of rotatable bonds is 5. The molecule has 0 saturated heterocycles. The van der Waals surface area contributed by atoms with Crippen molar-refractivity contribution in [3.8, 4) is 16.9 Å². The summed E-state index contributed by atoms with van der Waals surface area (Å²) in [4.78, 5) is 17.4. The Hall–Kier alpha value is -3.73. The van der Waals surface area contributed by atoms with Gasteiger partial charge in [0.05, 0.1) is 34.9 Å². The Morgan fingerprint density at radius 2 is 1.61 bits per heavy atom. The van der Waals surface area contributed by atoms with Crippen molar-refractivity contribution in [3.05, 3.63) is 102 Å². The van der Waals surface area contributed by atoms with Gasteiger partial charge in [0, 0.05) is 11.8 Å². The SMILES string of the molecule is Cc1nn(-c2ccccc2)c(-c2ccccc2)c1C(=O)NCc1ccccn1. The van der Waals surface area contributed by atoms with Crippen LogP contribution >= 0.6 is 0 Å². The minimum Gasteiger partial charge on any atom is -0.346 e. The van der Waals surface area contributed by atoms with Crippen LogP contribution in [-0.2, 0) is 6.54 Å². The highest BCUT2D eigenvalue weighted by Crippen LogP contribution is 2.29. The van der Waals surface area contributed by atoms with E-state index in [2.05, 4.69) is 15.4 Å². The maximum atomic E-state index is 13.1. The molecule has 0 fully saturated rings. The minimum atomic E-state index is -0.163. The molecular weight excluding hydrogens is 348 g/mol. The zero-order chi connectivity index (χ0) is 19.3. The number of aromatic nitrogens is 3. The first-order valence-electron chi connectivity index (χ1n) is 9.12. The molecule has 0 unspecified atom stereocenters. The summed E-state index contributed by atoms with van der Waals surface area (Å²) in [5.41, 5.74) is 4.70. The summed E-state index contributed by atoms with van der Waals surface area (Å²) in [5.74, 6) is -0.163. The maximum absolute atomic E-state index is 13.1. The molecule has 2 aromatic carbocycles. The van der Waals surface area contributed by atoms with Crippen LogP contribution in [-0.4, -0.2) is 20.7 Å². The van der Waals surface area contributed by atoms with Crippen molar-refractivity contribution in [1.82, 2.24) is 20.1 Å². The highest BCUT2D eigenvalue weighted by Gasteiger charge is 2.23. The fourth-order valence-electron chi connectivity index (χ4n) is 3.18. The molecule has 2 aromatic heterocycles. The van der Waals surface area contributed by atoms with E-state index in [1.165, 1.54) is 0 Å². The smallest absolute Gasteiger partial charge is 0.255 e. The Labute approximate surface area is 163 Å². The van der Waals surface area contributed by atoms with Gasteiger partial charge in [-0.3, -0.25) is 9.78 Å². The Bertz CT molecular complexity index is 1070. The largest absolute Gasteiger partial charge is 0.346 e. The number of amides is 1. The Balaban J connectivity index is 1.76. The van der Waals surface area contributed by atoms with Crippen molar-refractivity contribution < 1.29 is 4.79 Å². The third kappa shape index (κ3) is 3.55. The second-order valence-corrected chi connectivity index (χ2v) is 6.43. The number of carbonyl (C=O) groups is 1. The number of nitrogens with one attached hydrogen (secondary N) is 1. The molecule has 4 rings (SSSR count). The van der Waals surface area contributed by atoms with Gasteiger partial charge in [0.2, 0.25) is 0 Å².